The number of methoxy groups -OCH3 is 2. The van der Waals surface area contributed by atoms with E-state index in [4.69, 9.17) is 14.2 Å². The van der Waals surface area contributed by atoms with E-state index in [1.165, 1.54) is 20.4 Å². The summed E-state index contributed by atoms with van der Waals surface area (Å²) < 4.78 is 15.2. The Morgan fingerprint density at radius 2 is 1.83 bits per heavy atom. The summed E-state index contributed by atoms with van der Waals surface area (Å²) in [6.07, 6.45) is 1.41. The van der Waals surface area contributed by atoms with Gasteiger partial charge in [0.15, 0.2) is 18.1 Å². The smallest absolute Gasteiger partial charge is 0.340 e. The molecule has 1 N–H and O–H groups in total. The van der Waals surface area contributed by atoms with Crippen molar-refractivity contribution in [2.75, 3.05) is 26.1 Å². The molecule has 0 unspecified atom stereocenters. The lowest BCUT2D eigenvalue weighted by molar-refractivity contribution is -0.119. The van der Waals surface area contributed by atoms with Gasteiger partial charge < -0.3 is 19.5 Å². The highest BCUT2D eigenvalue weighted by Gasteiger charge is 2.12. The normalized spacial score (nSPS) is 9.96. The average Bonchev–Trinajstić information content (AvgIpc) is 2.60. The Bertz CT molecular complexity index is 728. The van der Waals surface area contributed by atoms with Crippen LogP contribution in [0.15, 0.2) is 36.5 Å². The molecule has 0 saturated heterocycles. The molecule has 1 aromatic carbocycles. The number of benzene rings is 1. The lowest BCUT2D eigenvalue weighted by Crippen LogP contribution is -2.21. The highest BCUT2D eigenvalue weighted by molar-refractivity contribution is 5.95. The molecular formula is C17H18N2O5. The quantitative estimate of drug-likeness (QED) is 0.817. The van der Waals surface area contributed by atoms with Gasteiger partial charge in [-0.1, -0.05) is 0 Å². The highest BCUT2D eigenvalue weighted by atomic mass is 16.5. The molecule has 126 valence electrons. The summed E-state index contributed by atoms with van der Waals surface area (Å²) in [4.78, 5) is 27.7. The Labute approximate surface area is 139 Å². The predicted molar refractivity (Wildman–Crippen MR) is 87.4 cm³/mol. The molecule has 0 fully saturated rings. The zero-order valence-electron chi connectivity index (χ0n) is 13.7. The Morgan fingerprint density at radius 1 is 1.08 bits per heavy atom. The van der Waals surface area contributed by atoms with Gasteiger partial charge in [-0.25, -0.2) is 4.79 Å². The molecule has 0 radical (unpaired) electrons. The van der Waals surface area contributed by atoms with Crippen molar-refractivity contribution < 1.29 is 23.8 Å². The number of rotatable bonds is 6. The van der Waals surface area contributed by atoms with E-state index in [0.717, 1.165) is 5.69 Å². The van der Waals surface area contributed by atoms with E-state index in [9.17, 15) is 9.59 Å². The fourth-order valence-electron chi connectivity index (χ4n) is 1.91. The molecule has 2 rings (SSSR count). The minimum absolute atomic E-state index is 0.291. The number of nitrogens with one attached hydrogen (secondary N) is 1. The van der Waals surface area contributed by atoms with Crippen LogP contribution >= 0.6 is 0 Å². The van der Waals surface area contributed by atoms with E-state index < -0.39 is 18.5 Å². The molecular weight excluding hydrogens is 312 g/mol. The maximum absolute atomic E-state index is 11.9. The maximum atomic E-state index is 11.9. The summed E-state index contributed by atoms with van der Waals surface area (Å²) in [5.74, 6) is -0.0348. The molecule has 0 aliphatic carbocycles. The van der Waals surface area contributed by atoms with Crippen LogP contribution in [-0.2, 0) is 9.53 Å². The van der Waals surface area contributed by atoms with Crippen LogP contribution in [0.25, 0.3) is 0 Å². The van der Waals surface area contributed by atoms with E-state index in [2.05, 4.69) is 10.3 Å². The number of carbonyl (C=O) groups excluding carboxylic acids is 2. The Hall–Kier alpha value is -3.09. The highest BCUT2D eigenvalue weighted by Crippen LogP contribution is 2.29. The van der Waals surface area contributed by atoms with Crippen LogP contribution in [0.1, 0.15) is 16.1 Å². The molecule has 0 bridgehead atoms. The van der Waals surface area contributed by atoms with Crippen LogP contribution in [0.5, 0.6) is 11.5 Å². The molecule has 1 amide bonds. The average molecular weight is 330 g/mol. The SMILES string of the molecule is COc1ccc(NC(=O)COC(=O)c2ccc(C)nc2)cc1OC. The van der Waals surface area contributed by atoms with E-state index in [1.54, 1.807) is 30.3 Å². The van der Waals surface area contributed by atoms with E-state index in [0.29, 0.717) is 22.7 Å². The number of hydrogen-bond acceptors (Lipinski definition) is 6. The minimum atomic E-state index is -0.607. The molecule has 24 heavy (non-hydrogen) atoms. The van der Waals surface area contributed by atoms with Crippen molar-refractivity contribution in [2.24, 2.45) is 0 Å². The molecule has 0 aliphatic heterocycles. The molecule has 0 atom stereocenters. The van der Waals surface area contributed by atoms with Crippen molar-refractivity contribution in [3.05, 3.63) is 47.8 Å². The molecule has 0 spiro atoms. The molecule has 0 saturated carbocycles. The van der Waals surface area contributed by atoms with E-state index >= 15 is 0 Å². The molecule has 2 aromatic rings. The van der Waals surface area contributed by atoms with Gasteiger partial charge in [0.2, 0.25) is 0 Å². The summed E-state index contributed by atoms with van der Waals surface area (Å²) in [5.41, 5.74) is 1.59. The predicted octanol–water partition coefficient (Wildman–Crippen LogP) is 2.20. The molecule has 1 heterocycles. The monoisotopic (exact) mass is 330 g/mol. The topological polar surface area (TPSA) is 86.8 Å². The van der Waals surface area contributed by atoms with Gasteiger partial charge in [-0.15, -0.1) is 0 Å². The number of hydrogen-bond donors (Lipinski definition) is 1. The zero-order chi connectivity index (χ0) is 17.5. The van der Waals surface area contributed by atoms with Crippen LogP contribution < -0.4 is 14.8 Å². The number of pyridine rings is 1. The lowest BCUT2D eigenvalue weighted by Gasteiger charge is -2.10. The largest absolute Gasteiger partial charge is 0.493 e. The molecule has 7 nitrogen and oxygen atoms in total. The fraction of sp³-hybridized carbons (Fsp3) is 0.235. The fourth-order valence-corrected chi connectivity index (χ4v) is 1.91. The number of aryl methyl sites for hydroxylation is 1. The Morgan fingerprint density at radius 3 is 2.46 bits per heavy atom. The summed E-state index contributed by atoms with van der Waals surface area (Å²) in [5, 5.41) is 2.62. The number of ether oxygens (including phenoxy) is 3. The van der Waals surface area contributed by atoms with Crippen molar-refractivity contribution in [3.8, 4) is 11.5 Å². The number of carbonyl (C=O) groups is 2. The van der Waals surface area contributed by atoms with Crippen molar-refractivity contribution in [1.29, 1.82) is 0 Å². The van der Waals surface area contributed by atoms with Crippen molar-refractivity contribution in [2.45, 2.75) is 6.92 Å². The summed E-state index contributed by atoms with van der Waals surface area (Å²) in [6.45, 7) is 1.41. The first-order valence-corrected chi connectivity index (χ1v) is 7.15. The second-order valence-corrected chi connectivity index (χ2v) is 4.88. The van der Waals surface area contributed by atoms with Gasteiger partial charge >= 0.3 is 5.97 Å². The second-order valence-electron chi connectivity index (χ2n) is 4.88. The second kappa shape index (κ2) is 7.96. The first kappa shape index (κ1) is 17.3. The van der Waals surface area contributed by atoms with Crippen LogP contribution in [0.2, 0.25) is 0 Å². The first-order valence-electron chi connectivity index (χ1n) is 7.15. The number of aromatic nitrogens is 1. The van der Waals surface area contributed by atoms with Crippen LogP contribution in [-0.4, -0.2) is 37.7 Å². The van der Waals surface area contributed by atoms with Gasteiger partial charge in [0.05, 0.1) is 19.8 Å². The molecule has 0 aliphatic rings. The van der Waals surface area contributed by atoms with Gasteiger partial charge in [-0.2, -0.15) is 0 Å². The summed E-state index contributed by atoms with van der Waals surface area (Å²) in [7, 11) is 3.02. The third-order valence-corrected chi connectivity index (χ3v) is 3.15. The van der Waals surface area contributed by atoms with Crippen LogP contribution in [0.4, 0.5) is 5.69 Å². The Balaban J connectivity index is 1.91. The third-order valence-electron chi connectivity index (χ3n) is 3.15. The van der Waals surface area contributed by atoms with E-state index in [1.807, 2.05) is 6.92 Å². The number of anilines is 1. The van der Waals surface area contributed by atoms with Crippen LogP contribution in [0.3, 0.4) is 0 Å². The zero-order valence-corrected chi connectivity index (χ0v) is 13.7. The Kier molecular flexibility index (Phi) is 5.73. The van der Waals surface area contributed by atoms with Gasteiger partial charge in [-0.3, -0.25) is 9.78 Å². The van der Waals surface area contributed by atoms with Crippen molar-refractivity contribution in [1.82, 2.24) is 4.98 Å². The van der Waals surface area contributed by atoms with E-state index in [-0.39, 0.29) is 0 Å². The van der Waals surface area contributed by atoms with Gasteiger partial charge in [0, 0.05) is 23.6 Å². The first-order chi connectivity index (χ1) is 11.5. The number of esters is 1. The minimum Gasteiger partial charge on any atom is -0.493 e. The lowest BCUT2D eigenvalue weighted by atomic mass is 10.2. The van der Waals surface area contributed by atoms with Crippen molar-refractivity contribution in [3.63, 3.8) is 0 Å². The number of nitrogens with zero attached hydrogens (tertiary/aromatic N) is 1. The van der Waals surface area contributed by atoms with Crippen LogP contribution in [0, 0.1) is 6.92 Å². The third kappa shape index (κ3) is 4.45. The standard InChI is InChI=1S/C17H18N2O5/c1-11-4-5-12(9-18-11)17(21)24-10-16(20)19-13-6-7-14(22-2)15(8-13)23-3/h4-9H,10H2,1-3H3,(H,19,20). The van der Waals surface area contributed by atoms with Gasteiger partial charge in [0.25, 0.3) is 5.91 Å². The summed E-state index contributed by atoms with van der Waals surface area (Å²) >= 11 is 0. The van der Waals surface area contributed by atoms with Gasteiger partial charge in [0.1, 0.15) is 0 Å². The van der Waals surface area contributed by atoms with Gasteiger partial charge in [-0.05, 0) is 31.2 Å². The molecule has 7 heteroatoms. The number of amides is 1. The summed E-state index contributed by atoms with van der Waals surface area (Å²) in [6, 6.07) is 8.23. The van der Waals surface area contributed by atoms with Crippen molar-refractivity contribution >= 4 is 17.6 Å². The molecule has 1 aromatic heterocycles. The maximum Gasteiger partial charge on any atom is 0.340 e.